The predicted octanol–water partition coefficient (Wildman–Crippen LogP) is 6.76. The zero-order valence-corrected chi connectivity index (χ0v) is 28.4. The van der Waals surface area contributed by atoms with Gasteiger partial charge in [0.15, 0.2) is 0 Å². The summed E-state index contributed by atoms with van der Waals surface area (Å²) in [7, 11) is -4.15. The Morgan fingerprint density at radius 2 is 1.43 bits per heavy atom. The summed E-state index contributed by atoms with van der Waals surface area (Å²) in [6.45, 7) is 5.55. The predicted molar refractivity (Wildman–Crippen MR) is 188 cm³/mol. The summed E-state index contributed by atoms with van der Waals surface area (Å²) >= 11 is 0. The van der Waals surface area contributed by atoms with Gasteiger partial charge in [-0.3, -0.25) is 13.9 Å². The second-order valence-electron chi connectivity index (χ2n) is 12.5. The zero-order chi connectivity index (χ0) is 33.4. The fraction of sp³-hybridized carbons (Fsp3) is 0.333. The van der Waals surface area contributed by atoms with E-state index in [-0.39, 0.29) is 23.4 Å². The molecule has 0 aliphatic heterocycles. The van der Waals surface area contributed by atoms with Gasteiger partial charge in [0.05, 0.1) is 10.6 Å². The van der Waals surface area contributed by atoms with Crippen molar-refractivity contribution >= 4 is 27.5 Å². The Kier molecular flexibility index (Phi) is 11.1. The maximum atomic E-state index is 14.8. The van der Waals surface area contributed by atoms with Crippen LogP contribution in [-0.2, 0) is 39.0 Å². The fourth-order valence-electron chi connectivity index (χ4n) is 6.30. The Morgan fingerprint density at radius 3 is 2.09 bits per heavy atom. The highest BCUT2D eigenvalue weighted by molar-refractivity contribution is 7.92. The average Bonchev–Trinajstić information content (AvgIpc) is 3.59. The van der Waals surface area contributed by atoms with Crippen molar-refractivity contribution in [2.24, 2.45) is 0 Å². The number of hydrogen-bond acceptors (Lipinski definition) is 4. The van der Waals surface area contributed by atoms with Gasteiger partial charge >= 0.3 is 0 Å². The molecule has 0 aromatic heterocycles. The molecule has 1 fully saturated rings. The third-order valence-corrected chi connectivity index (χ3v) is 10.9. The minimum Gasteiger partial charge on any atom is -0.352 e. The molecule has 5 rings (SSSR count). The summed E-state index contributed by atoms with van der Waals surface area (Å²) in [4.78, 5) is 30.7. The van der Waals surface area contributed by atoms with E-state index in [9.17, 15) is 18.0 Å². The molecule has 0 saturated heterocycles. The number of amides is 2. The van der Waals surface area contributed by atoms with Gasteiger partial charge in [-0.2, -0.15) is 0 Å². The van der Waals surface area contributed by atoms with Gasteiger partial charge in [-0.15, -0.1) is 0 Å². The van der Waals surface area contributed by atoms with Crippen molar-refractivity contribution in [1.82, 2.24) is 10.2 Å². The SMILES string of the molecule is CCc1ccccc1N(CC(=O)N(Cc1ccccc1C)[C@@H](Cc1ccccc1)C(=O)NC1CCCC1)S(=O)(=O)c1ccc(C)cc1. The quantitative estimate of drug-likeness (QED) is 0.173. The number of carbonyl (C=O) groups is 2. The molecule has 0 unspecified atom stereocenters. The minimum absolute atomic E-state index is 0.0611. The second kappa shape index (κ2) is 15.4. The summed E-state index contributed by atoms with van der Waals surface area (Å²) in [5, 5.41) is 3.23. The molecule has 2 amide bonds. The lowest BCUT2D eigenvalue weighted by Gasteiger charge is -2.35. The van der Waals surface area contributed by atoms with E-state index in [1.165, 1.54) is 4.31 Å². The van der Waals surface area contributed by atoms with Crippen molar-refractivity contribution in [3.8, 4) is 0 Å². The summed E-state index contributed by atoms with van der Waals surface area (Å²) < 4.78 is 30.0. The summed E-state index contributed by atoms with van der Waals surface area (Å²) in [6, 6.07) is 30.6. The molecule has 1 atom stereocenters. The Labute approximate surface area is 279 Å². The van der Waals surface area contributed by atoms with Gasteiger partial charge in [-0.1, -0.05) is 110 Å². The van der Waals surface area contributed by atoms with Gasteiger partial charge in [0, 0.05) is 19.0 Å². The van der Waals surface area contributed by atoms with Gasteiger partial charge in [-0.25, -0.2) is 8.42 Å². The Bertz CT molecular complexity index is 1770. The number of carbonyl (C=O) groups excluding carboxylic acids is 2. The molecule has 0 radical (unpaired) electrons. The molecule has 7 nitrogen and oxygen atoms in total. The molecule has 0 spiro atoms. The van der Waals surface area contributed by atoms with Crippen molar-refractivity contribution in [3.05, 3.63) is 131 Å². The van der Waals surface area contributed by atoms with Crippen molar-refractivity contribution in [2.75, 3.05) is 10.8 Å². The number of aryl methyl sites for hydroxylation is 3. The normalized spacial score (nSPS) is 14.0. The molecule has 4 aromatic carbocycles. The molecule has 1 aliphatic rings. The van der Waals surface area contributed by atoms with Gasteiger partial charge in [0.25, 0.3) is 10.0 Å². The summed E-state index contributed by atoms with van der Waals surface area (Å²) in [6.07, 6.45) is 4.81. The number of para-hydroxylation sites is 1. The van der Waals surface area contributed by atoms with Gasteiger partial charge in [0.1, 0.15) is 12.6 Å². The molecule has 246 valence electrons. The zero-order valence-electron chi connectivity index (χ0n) is 27.6. The maximum absolute atomic E-state index is 14.8. The van der Waals surface area contributed by atoms with Crippen LogP contribution in [0.5, 0.6) is 0 Å². The van der Waals surface area contributed by atoms with E-state index in [1.54, 1.807) is 41.3 Å². The molecule has 4 aromatic rings. The topological polar surface area (TPSA) is 86.8 Å². The van der Waals surface area contributed by atoms with Crippen molar-refractivity contribution in [3.63, 3.8) is 0 Å². The highest BCUT2D eigenvalue weighted by Crippen LogP contribution is 2.29. The molecular formula is C39H45N3O4S. The van der Waals surface area contributed by atoms with Crippen LogP contribution in [0.1, 0.15) is 60.4 Å². The third-order valence-electron chi connectivity index (χ3n) is 9.10. The number of rotatable bonds is 13. The molecule has 1 aliphatic carbocycles. The molecule has 0 bridgehead atoms. The van der Waals surface area contributed by atoms with E-state index in [0.717, 1.165) is 53.5 Å². The van der Waals surface area contributed by atoms with Crippen LogP contribution in [0.4, 0.5) is 5.69 Å². The molecule has 1 N–H and O–H groups in total. The van der Waals surface area contributed by atoms with Crippen LogP contribution in [0.2, 0.25) is 0 Å². The Balaban J connectivity index is 1.59. The maximum Gasteiger partial charge on any atom is 0.264 e. The summed E-state index contributed by atoms with van der Waals surface area (Å²) in [5.41, 5.74) is 5.00. The number of nitrogens with one attached hydrogen (secondary N) is 1. The number of nitrogens with zero attached hydrogens (tertiary/aromatic N) is 2. The van der Waals surface area contributed by atoms with Gasteiger partial charge < -0.3 is 10.2 Å². The van der Waals surface area contributed by atoms with Crippen molar-refractivity contribution < 1.29 is 18.0 Å². The van der Waals surface area contributed by atoms with Crippen molar-refractivity contribution in [1.29, 1.82) is 0 Å². The molecule has 47 heavy (non-hydrogen) atoms. The van der Waals surface area contributed by atoms with Crippen molar-refractivity contribution in [2.45, 2.75) is 82.8 Å². The van der Waals surface area contributed by atoms with Crippen LogP contribution in [0.25, 0.3) is 0 Å². The molecular weight excluding hydrogens is 607 g/mol. The first-order valence-electron chi connectivity index (χ1n) is 16.5. The van der Waals surface area contributed by atoms with Crippen LogP contribution >= 0.6 is 0 Å². The Hall–Kier alpha value is -4.43. The first-order chi connectivity index (χ1) is 22.7. The lowest BCUT2D eigenvalue weighted by Crippen LogP contribution is -2.54. The van der Waals surface area contributed by atoms with E-state index in [4.69, 9.17) is 0 Å². The molecule has 1 saturated carbocycles. The summed E-state index contributed by atoms with van der Waals surface area (Å²) in [5.74, 6) is -0.665. The smallest absolute Gasteiger partial charge is 0.264 e. The first kappa shape index (κ1) is 33.9. The second-order valence-corrected chi connectivity index (χ2v) is 14.3. The highest BCUT2D eigenvalue weighted by atomic mass is 32.2. The minimum atomic E-state index is -4.15. The van der Waals surface area contributed by atoms with E-state index in [0.29, 0.717) is 18.5 Å². The number of anilines is 1. The van der Waals surface area contributed by atoms with Crippen LogP contribution in [-0.4, -0.2) is 43.8 Å². The van der Waals surface area contributed by atoms with Crippen LogP contribution in [0.15, 0.2) is 108 Å². The monoisotopic (exact) mass is 651 g/mol. The number of sulfonamides is 1. The lowest BCUT2D eigenvalue weighted by molar-refractivity contribution is -0.140. The van der Waals surface area contributed by atoms with Crippen LogP contribution in [0, 0.1) is 13.8 Å². The van der Waals surface area contributed by atoms with Crippen LogP contribution in [0.3, 0.4) is 0 Å². The van der Waals surface area contributed by atoms with E-state index in [1.807, 2.05) is 87.5 Å². The van der Waals surface area contributed by atoms with E-state index < -0.39 is 28.5 Å². The largest absolute Gasteiger partial charge is 0.352 e. The number of benzene rings is 4. The van der Waals surface area contributed by atoms with E-state index in [2.05, 4.69) is 5.32 Å². The fourth-order valence-corrected chi connectivity index (χ4v) is 7.75. The first-order valence-corrected chi connectivity index (χ1v) is 18.0. The Morgan fingerprint density at radius 1 is 0.809 bits per heavy atom. The molecule has 8 heteroatoms. The average molecular weight is 652 g/mol. The van der Waals surface area contributed by atoms with E-state index >= 15 is 0 Å². The standard InChI is InChI=1S/C39H45N3O4S/c1-4-32-17-10-13-21-36(32)42(47(45,46)35-24-22-29(2)23-25-35)28-38(43)41(27-33-18-9-8-14-30(33)3)37(26-31-15-6-5-7-16-31)39(44)40-34-19-11-12-20-34/h5-10,13-18,21-25,34,37H,4,11-12,19-20,26-28H2,1-3H3,(H,40,44)/t37-/m0/s1. The van der Waals surface area contributed by atoms with Crippen LogP contribution < -0.4 is 9.62 Å². The lowest BCUT2D eigenvalue weighted by atomic mass is 10.0. The molecule has 0 heterocycles. The third kappa shape index (κ3) is 8.30. The van der Waals surface area contributed by atoms with Gasteiger partial charge in [0.2, 0.25) is 11.8 Å². The number of hydrogen-bond donors (Lipinski definition) is 1. The highest BCUT2D eigenvalue weighted by Gasteiger charge is 2.36. The van der Waals surface area contributed by atoms with Gasteiger partial charge in [-0.05, 0) is 73.6 Å².